The van der Waals surface area contributed by atoms with Gasteiger partial charge in [0.2, 0.25) is 0 Å². The van der Waals surface area contributed by atoms with Crippen LogP contribution in [0, 0.1) is 13.8 Å². The van der Waals surface area contributed by atoms with Gasteiger partial charge in [-0.3, -0.25) is 0 Å². The summed E-state index contributed by atoms with van der Waals surface area (Å²) in [5.41, 5.74) is -1.67. The van der Waals surface area contributed by atoms with Crippen LogP contribution in [0.25, 0.3) is 0 Å². The van der Waals surface area contributed by atoms with Gasteiger partial charge in [0.15, 0.2) is 9.84 Å². The third-order valence-electron chi connectivity index (χ3n) is 3.68. The molecule has 1 rings (SSSR count). The van der Waals surface area contributed by atoms with Crippen LogP contribution >= 0.6 is 0 Å². The van der Waals surface area contributed by atoms with Gasteiger partial charge in [0.25, 0.3) is 0 Å². The summed E-state index contributed by atoms with van der Waals surface area (Å²) < 4.78 is 24.8. The highest BCUT2D eigenvalue weighted by atomic mass is 32.2. The molecule has 9 heteroatoms. The molecule has 1 aromatic rings. The fourth-order valence-corrected chi connectivity index (χ4v) is 3.85. The van der Waals surface area contributed by atoms with Crippen LogP contribution < -0.4 is 0 Å². The molecule has 0 amide bonds. The van der Waals surface area contributed by atoms with Crippen molar-refractivity contribution in [2.45, 2.75) is 50.7 Å². The Morgan fingerprint density at radius 1 is 1.04 bits per heavy atom. The average molecular weight is 348 g/mol. The van der Waals surface area contributed by atoms with Crippen molar-refractivity contribution in [2.75, 3.05) is 5.75 Å². The summed E-state index contributed by atoms with van der Waals surface area (Å²) in [6.07, 6.45) is 0. The molecule has 5 N–H and O–H groups in total. The van der Waals surface area contributed by atoms with Gasteiger partial charge in [0, 0.05) is 0 Å². The van der Waals surface area contributed by atoms with Gasteiger partial charge in [-0.05, 0) is 51.8 Å². The van der Waals surface area contributed by atoms with Crippen molar-refractivity contribution in [1.82, 2.24) is 0 Å². The van der Waals surface area contributed by atoms with Crippen LogP contribution in [0.3, 0.4) is 0 Å². The maximum Gasteiger partial charge on any atom is 0.631 e. The largest absolute Gasteiger partial charge is 0.631 e. The minimum Gasteiger partial charge on any atom is -0.402 e. The van der Waals surface area contributed by atoms with E-state index in [1.54, 1.807) is 13.0 Å². The number of benzene rings is 1. The van der Waals surface area contributed by atoms with Crippen molar-refractivity contribution >= 4 is 17.2 Å². The highest BCUT2D eigenvalue weighted by molar-refractivity contribution is 7.91. The number of aliphatic hydroxyl groups is 2. The minimum atomic E-state index is -3.66. The van der Waals surface area contributed by atoms with E-state index in [0.29, 0.717) is 5.56 Å². The van der Waals surface area contributed by atoms with Crippen LogP contribution in [0.4, 0.5) is 0 Å². The topological polar surface area (TPSA) is 135 Å². The Hall–Kier alpha value is -0.965. The molecule has 0 aliphatic heterocycles. The number of aryl methyl sites for hydroxylation is 1. The lowest BCUT2D eigenvalue weighted by Crippen LogP contribution is -2.52. The second-order valence-corrected chi connectivity index (χ2v) is 8.09. The zero-order valence-corrected chi connectivity index (χ0v) is 14.8. The zero-order chi connectivity index (χ0) is 18.6. The van der Waals surface area contributed by atoms with Crippen molar-refractivity contribution in [3.63, 3.8) is 0 Å². The minimum absolute atomic E-state index is 0.206. The summed E-state index contributed by atoms with van der Waals surface area (Å²) in [4.78, 5) is 0.206. The Balaban J connectivity index is 0.00000108. The third-order valence-corrected chi connectivity index (χ3v) is 5.73. The fraction of sp³-hybridized carbons (Fsp3) is 0.571. The number of hydrogen-bond acceptors (Lipinski definition) is 7. The Labute approximate surface area is 137 Å². The molecule has 0 radical (unpaired) electrons. The molecule has 0 aromatic heterocycles. The Bertz CT molecular complexity index is 616. The SMILES string of the molecule is Cc1cccc(S(=O)(=O)CC(C)(O)C(C)(C)O)c1C.OB(O)O. The molecule has 0 aliphatic rings. The molecule has 1 atom stereocenters. The standard InChI is InChI=1S/C14H22O4S.BH3O3/c1-10-7-6-8-12(11(10)2)19(17,18)9-14(5,16)13(3,4)15;2-1(3)4/h6-8,15-16H,9H2,1-5H3;2-4H. The van der Waals surface area contributed by atoms with Gasteiger partial charge in [-0.15, -0.1) is 0 Å². The Morgan fingerprint density at radius 2 is 1.48 bits per heavy atom. The van der Waals surface area contributed by atoms with E-state index in [-0.39, 0.29) is 4.90 Å². The molecule has 0 saturated carbocycles. The Kier molecular flexibility index (Phi) is 7.41. The number of hydrogen-bond donors (Lipinski definition) is 5. The van der Waals surface area contributed by atoms with Gasteiger partial charge in [-0.1, -0.05) is 12.1 Å². The fourth-order valence-electron chi connectivity index (χ4n) is 1.69. The van der Waals surface area contributed by atoms with E-state index in [2.05, 4.69) is 0 Å². The summed E-state index contributed by atoms with van der Waals surface area (Å²) in [5, 5.41) is 41.5. The van der Waals surface area contributed by atoms with Crippen LogP contribution in [0.2, 0.25) is 0 Å². The molecule has 0 aliphatic carbocycles. The lowest BCUT2D eigenvalue weighted by Gasteiger charge is -2.35. The quantitative estimate of drug-likeness (QED) is 0.465. The van der Waals surface area contributed by atoms with Gasteiger partial charge in [0.1, 0.15) is 5.60 Å². The molecule has 0 heterocycles. The smallest absolute Gasteiger partial charge is 0.402 e. The van der Waals surface area contributed by atoms with Gasteiger partial charge in [-0.2, -0.15) is 0 Å². The van der Waals surface area contributed by atoms with Crippen LogP contribution in [0.5, 0.6) is 0 Å². The number of rotatable bonds is 4. The lowest BCUT2D eigenvalue weighted by molar-refractivity contribution is -0.105. The van der Waals surface area contributed by atoms with Crippen molar-refractivity contribution in [3.8, 4) is 0 Å². The molecule has 132 valence electrons. The first-order chi connectivity index (χ1) is 10.1. The molecular weight excluding hydrogens is 323 g/mol. The maximum absolute atomic E-state index is 12.4. The lowest BCUT2D eigenvalue weighted by atomic mass is 9.90. The van der Waals surface area contributed by atoms with Gasteiger partial charge >= 0.3 is 7.32 Å². The van der Waals surface area contributed by atoms with E-state index in [4.69, 9.17) is 15.1 Å². The molecule has 1 aromatic carbocycles. The Morgan fingerprint density at radius 3 is 1.87 bits per heavy atom. The maximum atomic E-state index is 12.4. The van der Waals surface area contributed by atoms with Crippen molar-refractivity contribution in [3.05, 3.63) is 29.3 Å². The normalized spacial score (nSPS) is 14.5. The van der Waals surface area contributed by atoms with E-state index in [1.807, 2.05) is 13.0 Å². The highest BCUT2D eigenvalue weighted by Crippen LogP contribution is 2.28. The second kappa shape index (κ2) is 7.74. The van der Waals surface area contributed by atoms with Gasteiger partial charge in [-0.25, -0.2) is 8.42 Å². The number of sulfone groups is 1. The monoisotopic (exact) mass is 348 g/mol. The molecule has 1 unspecified atom stereocenters. The zero-order valence-electron chi connectivity index (χ0n) is 14.0. The summed E-state index contributed by atoms with van der Waals surface area (Å²) in [6, 6.07) is 5.04. The highest BCUT2D eigenvalue weighted by Gasteiger charge is 2.42. The van der Waals surface area contributed by atoms with E-state index in [0.717, 1.165) is 5.56 Å². The molecule has 7 nitrogen and oxygen atoms in total. The van der Waals surface area contributed by atoms with E-state index < -0.39 is 34.1 Å². The van der Waals surface area contributed by atoms with Crippen LogP contribution in [0.15, 0.2) is 23.1 Å². The summed E-state index contributed by atoms with van der Waals surface area (Å²) in [5.74, 6) is -0.520. The van der Waals surface area contributed by atoms with Crippen molar-refractivity contribution in [2.24, 2.45) is 0 Å². The summed E-state index contributed by atoms with van der Waals surface area (Å²) in [7, 11) is -5.83. The van der Waals surface area contributed by atoms with Gasteiger partial charge in [0.05, 0.1) is 16.2 Å². The molecule has 0 spiro atoms. The first-order valence-electron chi connectivity index (χ1n) is 6.90. The molecular formula is C14H25BO7S. The summed E-state index contributed by atoms with van der Waals surface area (Å²) >= 11 is 0. The summed E-state index contributed by atoms with van der Waals surface area (Å²) in [6.45, 7) is 7.69. The van der Waals surface area contributed by atoms with Crippen molar-refractivity contribution < 1.29 is 33.7 Å². The predicted molar refractivity (Wildman–Crippen MR) is 87.3 cm³/mol. The first-order valence-corrected chi connectivity index (χ1v) is 8.55. The van der Waals surface area contributed by atoms with E-state index >= 15 is 0 Å². The molecule has 0 fully saturated rings. The van der Waals surface area contributed by atoms with Crippen molar-refractivity contribution in [1.29, 1.82) is 0 Å². The van der Waals surface area contributed by atoms with E-state index in [9.17, 15) is 18.6 Å². The molecule has 23 heavy (non-hydrogen) atoms. The molecule has 0 saturated heterocycles. The van der Waals surface area contributed by atoms with Crippen LogP contribution in [-0.4, -0.2) is 58.0 Å². The second-order valence-electron chi connectivity index (χ2n) is 6.14. The average Bonchev–Trinajstić information content (AvgIpc) is 2.28. The molecule has 0 bridgehead atoms. The van der Waals surface area contributed by atoms with Crippen LogP contribution in [-0.2, 0) is 9.84 Å². The first kappa shape index (κ1) is 22.0. The predicted octanol–water partition coefficient (Wildman–Crippen LogP) is -0.453. The van der Waals surface area contributed by atoms with Gasteiger partial charge < -0.3 is 25.3 Å². The van der Waals surface area contributed by atoms with E-state index in [1.165, 1.54) is 26.8 Å². The third kappa shape index (κ3) is 6.58. The van der Waals surface area contributed by atoms with Crippen LogP contribution in [0.1, 0.15) is 31.9 Å².